The monoisotopic (exact) mass is 406 g/mol. The Labute approximate surface area is 169 Å². The average Bonchev–Trinajstić information content (AvgIpc) is 3.42. The van der Waals surface area contributed by atoms with Gasteiger partial charge in [-0.25, -0.2) is 4.39 Å². The number of tetrazole rings is 1. The number of anilines is 2. The standard InChI is InChI=1S/C20H15FN6O3/c1-12-24-25-26-27(12)17-11-15(8-9-16(17)21)23-19(28)13-4-6-14(7-5-13)22-20(29)18-3-2-10-30-18/h2-11H,1H3,(H,22,29)(H,23,28). The molecule has 2 N–H and O–H groups in total. The summed E-state index contributed by atoms with van der Waals surface area (Å²) in [6.07, 6.45) is 1.41. The molecule has 0 unspecified atom stereocenters. The summed E-state index contributed by atoms with van der Waals surface area (Å²) in [4.78, 5) is 24.5. The highest BCUT2D eigenvalue weighted by molar-refractivity contribution is 6.05. The number of carbonyl (C=O) groups excluding carboxylic acids is 2. The molecule has 0 spiro atoms. The number of nitrogens with zero attached hydrogens (tertiary/aromatic N) is 4. The fourth-order valence-electron chi connectivity index (χ4n) is 2.72. The SMILES string of the molecule is Cc1nnnn1-c1cc(NC(=O)c2ccc(NC(=O)c3ccco3)cc2)ccc1F. The highest BCUT2D eigenvalue weighted by Crippen LogP contribution is 2.20. The molecule has 0 saturated heterocycles. The Morgan fingerprint density at radius 3 is 2.40 bits per heavy atom. The molecule has 30 heavy (non-hydrogen) atoms. The van der Waals surface area contributed by atoms with Crippen LogP contribution >= 0.6 is 0 Å². The van der Waals surface area contributed by atoms with Gasteiger partial charge in [0, 0.05) is 16.9 Å². The maximum absolute atomic E-state index is 14.2. The van der Waals surface area contributed by atoms with Gasteiger partial charge in [-0.3, -0.25) is 9.59 Å². The summed E-state index contributed by atoms with van der Waals surface area (Å²) in [5, 5.41) is 16.3. The third-order valence-corrected chi connectivity index (χ3v) is 4.21. The largest absolute Gasteiger partial charge is 0.459 e. The number of nitrogens with one attached hydrogen (secondary N) is 2. The second kappa shape index (κ2) is 7.95. The van der Waals surface area contributed by atoms with E-state index in [1.165, 1.54) is 29.1 Å². The van der Waals surface area contributed by atoms with Crippen LogP contribution < -0.4 is 10.6 Å². The molecule has 0 aliphatic carbocycles. The van der Waals surface area contributed by atoms with Gasteiger partial charge in [0.15, 0.2) is 11.6 Å². The second-order valence-electron chi connectivity index (χ2n) is 6.27. The average molecular weight is 406 g/mol. The predicted molar refractivity (Wildman–Crippen MR) is 105 cm³/mol. The van der Waals surface area contributed by atoms with Gasteiger partial charge in [0.2, 0.25) is 0 Å². The van der Waals surface area contributed by atoms with Crippen LogP contribution in [0.5, 0.6) is 0 Å². The van der Waals surface area contributed by atoms with E-state index in [4.69, 9.17) is 4.42 Å². The Kier molecular flexibility index (Phi) is 5.04. The molecule has 0 aliphatic heterocycles. The first-order chi connectivity index (χ1) is 14.5. The molecule has 9 nitrogen and oxygen atoms in total. The molecule has 0 radical (unpaired) electrons. The molecular formula is C20H15FN6O3. The number of carbonyl (C=O) groups is 2. The van der Waals surface area contributed by atoms with Crippen LogP contribution in [0, 0.1) is 12.7 Å². The van der Waals surface area contributed by atoms with E-state index in [0.717, 1.165) is 0 Å². The molecule has 150 valence electrons. The number of benzene rings is 2. The lowest BCUT2D eigenvalue weighted by molar-refractivity contribution is 0.0995. The number of rotatable bonds is 5. The number of aromatic nitrogens is 4. The summed E-state index contributed by atoms with van der Waals surface area (Å²) < 4.78 is 20.4. The molecule has 0 atom stereocenters. The van der Waals surface area contributed by atoms with Crippen LogP contribution in [-0.4, -0.2) is 32.0 Å². The van der Waals surface area contributed by atoms with E-state index in [1.807, 2.05) is 0 Å². The zero-order chi connectivity index (χ0) is 21.1. The van der Waals surface area contributed by atoms with Crippen molar-refractivity contribution in [3.63, 3.8) is 0 Å². The van der Waals surface area contributed by atoms with Crippen molar-refractivity contribution in [1.82, 2.24) is 20.2 Å². The van der Waals surface area contributed by atoms with Crippen LogP contribution in [0.25, 0.3) is 5.69 Å². The van der Waals surface area contributed by atoms with Crippen molar-refractivity contribution in [2.45, 2.75) is 6.92 Å². The van der Waals surface area contributed by atoms with Crippen LogP contribution in [0.3, 0.4) is 0 Å². The highest BCUT2D eigenvalue weighted by atomic mass is 19.1. The third-order valence-electron chi connectivity index (χ3n) is 4.21. The van der Waals surface area contributed by atoms with Gasteiger partial charge in [0.25, 0.3) is 11.8 Å². The lowest BCUT2D eigenvalue weighted by atomic mass is 10.2. The molecule has 0 bridgehead atoms. The Balaban J connectivity index is 1.46. The quantitative estimate of drug-likeness (QED) is 0.526. The summed E-state index contributed by atoms with van der Waals surface area (Å²) >= 11 is 0. The Hall–Kier alpha value is -4.34. The van der Waals surface area contributed by atoms with Crippen molar-refractivity contribution in [1.29, 1.82) is 0 Å². The van der Waals surface area contributed by atoms with Crippen molar-refractivity contribution in [2.75, 3.05) is 10.6 Å². The van der Waals surface area contributed by atoms with E-state index >= 15 is 0 Å². The molecule has 10 heteroatoms. The Morgan fingerprint density at radius 2 is 1.73 bits per heavy atom. The number of aryl methyl sites for hydroxylation is 1. The van der Waals surface area contributed by atoms with Crippen molar-refractivity contribution in [3.8, 4) is 5.69 Å². The van der Waals surface area contributed by atoms with Crippen LogP contribution in [-0.2, 0) is 0 Å². The highest BCUT2D eigenvalue weighted by Gasteiger charge is 2.13. The molecule has 2 aromatic carbocycles. The van der Waals surface area contributed by atoms with Gasteiger partial charge in [-0.1, -0.05) is 0 Å². The first kappa shape index (κ1) is 19.0. The molecule has 2 aromatic heterocycles. The van der Waals surface area contributed by atoms with Gasteiger partial charge in [0.1, 0.15) is 11.5 Å². The van der Waals surface area contributed by atoms with Crippen LogP contribution in [0.4, 0.5) is 15.8 Å². The minimum Gasteiger partial charge on any atom is -0.459 e. The summed E-state index contributed by atoms with van der Waals surface area (Å²) in [7, 11) is 0. The number of hydrogen-bond donors (Lipinski definition) is 2. The number of hydrogen-bond acceptors (Lipinski definition) is 6. The summed E-state index contributed by atoms with van der Waals surface area (Å²) in [5.41, 5.74) is 1.36. The molecule has 2 heterocycles. The summed E-state index contributed by atoms with van der Waals surface area (Å²) in [5.74, 6) is -0.731. The van der Waals surface area contributed by atoms with Crippen molar-refractivity contribution in [2.24, 2.45) is 0 Å². The smallest absolute Gasteiger partial charge is 0.291 e. The Morgan fingerprint density at radius 1 is 1.00 bits per heavy atom. The van der Waals surface area contributed by atoms with E-state index in [-0.39, 0.29) is 11.4 Å². The maximum Gasteiger partial charge on any atom is 0.291 e. The van der Waals surface area contributed by atoms with E-state index in [0.29, 0.717) is 22.8 Å². The number of halogens is 1. The van der Waals surface area contributed by atoms with Crippen molar-refractivity contribution in [3.05, 3.63) is 83.8 Å². The molecule has 4 rings (SSSR count). The van der Waals surface area contributed by atoms with Gasteiger partial charge in [-0.15, -0.1) is 5.10 Å². The minimum atomic E-state index is -0.528. The molecule has 2 amide bonds. The van der Waals surface area contributed by atoms with Crippen molar-refractivity contribution < 1.29 is 18.4 Å². The number of furan rings is 1. The summed E-state index contributed by atoms with van der Waals surface area (Å²) in [6, 6.07) is 13.6. The molecule has 0 fully saturated rings. The van der Waals surface area contributed by atoms with Gasteiger partial charge >= 0.3 is 0 Å². The normalized spacial score (nSPS) is 10.6. The fraction of sp³-hybridized carbons (Fsp3) is 0.0500. The van der Waals surface area contributed by atoms with Crippen LogP contribution in [0.1, 0.15) is 26.7 Å². The Bertz CT molecular complexity index is 1200. The van der Waals surface area contributed by atoms with Crippen molar-refractivity contribution >= 4 is 23.2 Å². The van der Waals surface area contributed by atoms with Gasteiger partial charge in [-0.2, -0.15) is 4.68 Å². The molecule has 0 aliphatic rings. The fourth-order valence-corrected chi connectivity index (χ4v) is 2.72. The maximum atomic E-state index is 14.2. The first-order valence-electron chi connectivity index (χ1n) is 8.82. The lowest BCUT2D eigenvalue weighted by Crippen LogP contribution is -2.14. The van der Waals surface area contributed by atoms with Gasteiger partial charge in [-0.05, 0) is 71.9 Å². The van der Waals surface area contributed by atoms with E-state index < -0.39 is 17.6 Å². The lowest BCUT2D eigenvalue weighted by Gasteiger charge is -2.09. The topological polar surface area (TPSA) is 115 Å². The number of amides is 2. The molecular weight excluding hydrogens is 391 g/mol. The predicted octanol–water partition coefficient (Wildman–Crippen LogP) is 3.21. The molecule has 4 aromatic rings. The zero-order valence-corrected chi connectivity index (χ0v) is 15.7. The van der Waals surface area contributed by atoms with Crippen LogP contribution in [0.15, 0.2) is 65.3 Å². The minimum absolute atomic E-state index is 0.117. The third kappa shape index (κ3) is 3.92. The van der Waals surface area contributed by atoms with Gasteiger partial charge < -0.3 is 15.1 Å². The summed E-state index contributed by atoms with van der Waals surface area (Å²) in [6.45, 7) is 1.64. The zero-order valence-electron chi connectivity index (χ0n) is 15.7. The van der Waals surface area contributed by atoms with Gasteiger partial charge in [0.05, 0.1) is 6.26 Å². The van der Waals surface area contributed by atoms with E-state index in [2.05, 4.69) is 26.2 Å². The van der Waals surface area contributed by atoms with E-state index in [1.54, 1.807) is 43.3 Å². The van der Waals surface area contributed by atoms with Crippen LogP contribution in [0.2, 0.25) is 0 Å². The molecule has 0 saturated carbocycles. The van der Waals surface area contributed by atoms with E-state index in [9.17, 15) is 14.0 Å². The second-order valence-corrected chi connectivity index (χ2v) is 6.27. The first-order valence-corrected chi connectivity index (χ1v) is 8.82.